The van der Waals surface area contributed by atoms with Gasteiger partial charge < -0.3 is 10.1 Å². The number of nitrogens with zero attached hydrogens (tertiary/aromatic N) is 3. The summed E-state index contributed by atoms with van der Waals surface area (Å²) in [6, 6.07) is 14.4. The first-order valence-electron chi connectivity index (χ1n) is 9.62. The highest BCUT2D eigenvalue weighted by Crippen LogP contribution is 2.29. The molecule has 1 aliphatic carbocycles. The molecule has 7 nitrogen and oxygen atoms in total. The van der Waals surface area contributed by atoms with Gasteiger partial charge in [-0.2, -0.15) is 5.10 Å². The summed E-state index contributed by atoms with van der Waals surface area (Å²) in [5, 5.41) is 7.01. The fraction of sp³-hybridized carbons (Fsp3) is 0.273. The molecule has 2 aromatic heterocycles. The summed E-state index contributed by atoms with van der Waals surface area (Å²) in [5.74, 6) is 0.726. The molecule has 1 N–H and O–H groups in total. The lowest BCUT2D eigenvalue weighted by Gasteiger charge is -2.11. The molecule has 29 heavy (non-hydrogen) atoms. The Hall–Kier alpha value is -3.48. The van der Waals surface area contributed by atoms with Crippen molar-refractivity contribution in [1.29, 1.82) is 0 Å². The quantitative estimate of drug-likeness (QED) is 0.670. The zero-order chi connectivity index (χ0) is 20.2. The normalized spacial score (nSPS) is 13.1. The second kappa shape index (κ2) is 8.26. The molecule has 0 atom stereocenters. The summed E-state index contributed by atoms with van der Waals surface area (Å²) in [6.07, 6.45) is 4.11. The van der Waals surface area contributed by atoms with Crippen molar-refractivity contribution in [3.05, 3.63) is 81.9 Å². The molecule has 2 heterocycles. The highest BCUT2D eigenvalue weighted by atomic mass is 16.5. The number of para-hydroxylation sites is 1. The Kier molecular flexibility index (Phi) is 5.37. The van der Waals surface area contributed by atoms with Gasteiger partial charge in [0.05, 0.1) is 12.3 Å². The first kappa shape index (κ1) is 18.9. The minimum absolute atomic E-state index is 0.142. The number of carbonyl (C=O) groups excluding carboxylic acids is 1. The van der Waals surface area contributed by atoms with Crippen LogP contribution in [0.3, 0.4) is 0 Å². The number of amides is 1. The number of rotatable bonds is 7. The van der Waals surface area contributed by atoms with E-state index in [4.69, 9.17) is 4.74 Å². The predicted octanol–water partition coefficient (Wildman–Crippen LogP) is 2.65. The molecule has 148 valence electrons. The fourth-order valence-electron chi connectivity index (χ4n) is 2.89. The fourth-order valence-corrected chi connectivity index (χ4v) is 2.89. The summed E-state index contributed by atoms with van der Waals surface area (Å²) in [7, 11) is 0. The lowest BCUT2D eigenvalue weighted by molar-refractivity contribution is 0.0943. The van der Waals surface area contributed by atoms with Gasteiger partial charge in [-0.25, -0.2) is 9.67 Å². The van der Waals surface area contributed by atoms with E-state index < -0.39 is 11.3 Å². The number of carbonyl (C=O) groups is 1. The van der Waals surface area contributed by atoms with Crippen LogP contribution in [0, 0.1) is 12.8 Å². The van der Waals surface area contributed by atoms with E-state index in [0.29, 0.717) is 24.1 Å². The maximum atomic E-state index is 12.6. The Morgan fingerprint density at radius 3 is 2.69 bits per heavy atom. The molecule has 1 aliphatic rings. The monoisotopic (exact) mass is 390 g/mol. The smallest absolute Gasteiger partial charge is 0.276 e. The van der Waals surface area contributed by atoms with E-state index in [0.717, 1.165) is 11.3 Å². The minimum Gasteiger partial charge on any atom is -0.477 e. The molecule has 1 aromatic carbocycles. The Morgan fingerprint density at radius 1 is 1.21 bits per heavy atom. The maximum Gasteiger partial charge on any atom is 0.276 e. The van der Waals surface area contributed by atoms with Crippen molar-refractivity contribution >= 4 is 5.91 Å². The lowest BCUT2D eigenvalue weighted by atomic mass is 10.2. The van der Waals surface area contributed by atoms with Gasteiger partial charge in [-0.15, -0.1) is 0 Å². The van der Waals surface area contributed by atoms with Crippen LogP contribution in [0.5, 0.6) is 5.88 Å². The second-order valence-electron chi connectivity index (χ2n) is 7.19. The van der Waals surface area contributed by atoms with Crippen LogP contribution >= 0.6 is 0 Å². The molecule has 0 saturated heterocycles. The summed E-state index contributed by atoms with van der Waals surface area (Å²) in [5.41, 5.74) is 1.70. The molecule has 1 saturated carbocycles. The standard InChI is InChI=1S/C22H22N4O3/c1-15-11-19(27)21(25-26(15)18-5-3-2-4-6-18)22(28)24-13-17-9-10-20(23-12-17)29-14-16-7-8-16/h2-6,9-12,16H,7-8,13-14H2,1H3,(H,24,28). The summed E-state index contributed by atoms with van der Waals surface area (Å²) in [6.45, 7) is 2.73. The molecule has 3 aromatic rings. The number of aromatic nitrogens is 3. The molecule has 1 amide bonds. The Labute approximate surface area is 168 Å². The van der Waals surface area contributed by atoms with Crippen LogP contribution in [0.15, 0.2) is 59.5 Å². The molecule has 4 rings (SSSR count). The van der Waals surface area contributed by atoms with Crippen LogP contribution in [-0.4, -0.2) is 27.3 Å². The van der Waals surface area contributed by atoms with Gasteiger partial charge in [-0.05, 0) is 43.4 Å². The van der Waals surface area contributed by atoms with Crippen LogP contribution < -0.4 is 15.5 Å². The van der Waals surface area contributed by atoms with E-state index in [1.165, 1.54) is 18.9 Å². The van der Waals surface area contributed by atoms with E-state index in [2.05, 4.69) is 15.4 Å². The van der Waals surface area contributed by atoms with Crippen molar-refractivity contribution in [2.45, 2.75) is 26.3 Å². The highest BCUT2D eigenvalue weighted by molar-refractivity contribution is 5.92. The van der Waals surface area contributed by atoms with Crippen LogP contribution in [0.25, 0.3) is 5.69 Å². The summed E-state index contributed by atoms with van der Waals surface area (Å²) < 4.78 is 7.20. The number of hydrogen-bond acceptors (Lipinski definition) is 5. The third-order valence-corrected chi connectivity index (χ3v) is 4.74. The van der Waals surface area contributed by atoms with Crippen molar-refractivity contribution in [3.8, 4) is 11.6 Å². The van der Waals surface area contributed by atoms with Crippen molar-refractivity contribution < 1.29 is 9.53 Å². The second-order valence-corrected chi connectivity index (χ2v) is 7.19. The zero-order valence-electron chi connectivity index (χ0n) is 16.2. The van der Waals surface area contributed by atoms with Gasteiger partial charge >= 0.3 is 0 Å². The van der Waals surface area contributed by atoms with Gasteiger partial charge in [-0.1, -0.05) is 24.3 Å². The van der Waals surface area contributed by atoms with Crippen molar-refractivity contribution in [2.75, 3.05) is 6.61 Å². The Balaban J connectivity index is 1.43. The van der Waals surface area contributed by atoms with E-state index in [9.17, 15) is 9.59 Å². The SMILES string of the molecule is Cc1cc(=O)c(C(=O)NCc2ccc(OCC3CC3)nc2)nn1-c1ccccc1. The number of nitrogens with one attached hydrogen (secondary N) is 1. The Morgan fingerprint density at radius 2 is 2.00 bits per heavy atom. The van der Waals surface area contributed by atoms with Crippen molar-refractivity contribution in [3.63, 3.8) is 0 Å². The maximum absolute atomic E-state index is 12.6. The average Bonchev–Trinajstić information content (AvgIpc) is 3.56. The number of hydrogen-bond donors (Lipinski definition) is 1. The van der Waals surface area contributed by atoms with Gasteiger partial charge in [0.15, 0.2) is 5.69 Å². The molecular weight excluding hydrogens is 368 g/mol. The highest BCUT2D eigenvalue weighted by Gasteiger charge is 2.22. The van der Waals surface area contributed by atoms with E-state index in [1.807, 2.05) is 36.4 Å². The van der Waals surface area contributed by atoms with Crippen LogP contribution in [-0.2, 0) is 6.54 Å². The molecule has 0 radical (unpaired) electrons. The van der Waals surface area contributed by atoms with Gasteiger partial charge in [-0.3, -0.25) is 9.59 Å². The van der Waals surface area contributed by atoms with Crippen LogP contribution in [0.1, 0.15) is 34.6 Å². The number of ether oxygens (including phenoxy) is 1. The van der Waals surface area contributed by atoms with E-state index >= 15 is 0 Å². The van der Waals surface area contributed by atoms with Gasteiger partial charge in [0.2, 0.25) is 11.3 Å². The predicted molar refractivity (Wildman–Crippen MR) is 108 cm³/mol. The van der Waals surface area contributed by atoms with Crippen LogP contribution in [0.4, 0.5) is 0 Å². The third kappa shape index (κ3) is 4.68. The molecule has 0 spiro atoms. The Bertz CT molecular complexity index is 1060. The van der Waals surface area contributed by atoms with Gasteiger partial charge in [0, 0.05) is 30.6 Å². The minimum atomic E-state index is -0.520. The molecule has 0 bridgehead atoms. The molecule has 0 unspecified atom stereocenters. The lowest BCUT2D eigenvalue weighted by Crippen LogP contribution is -2.31. The number of benzene rings is 1. The first-order chi connectivity index (χ1) is 14.1. The van der Waals surface area contributed by atoms with Crippen LogP contribution in [0.2, 0.25) is 0 Å². The van der Waals surface area contributed by atoms with E-state index in [-0.39, 0.29) is 12.2 Å². The first-order valence-corrected chi connectivity index (χ1v) is 9.62. The molecule has 7 heteroatoms. The summed E-state index contributed by atoms with van der Waals surface area (Å²) >= 11 is 0. The average molecular weight is 390 g/mol. The largest absolute Gasteiger partial charge is 0.477 e. The van der Waals surface area contributed by atoms with Gasteiger partial charge in [0.25, 0.3) is 5.91 Å². The number of pyridine rings is 1. The zero-order valence-corrected chi connectivity index (χ0v) is 16.2. The molecular formula is C22H22N4O3. The number of aryl methyl sites for hydroxylation is 1. The van der Waals surface area contributed by atoms with Crippen molar-refractivity contribution in [1.82, 2.24) is 20.1 Å². The molecule has 1 fully saturated rings. The third-order valence-electron chi connectivity index (χ3n) is 4.74. The van der Waals surface area contributed by atoms with Crippen molar-refractivity contribution in [2.24, 2.45) is 5.92 Å². The van der Waals surface area contributed by atoms with Gasteiger partial charge in [0.1, 0.15) is 0 Å². The topological polar surface area (TPSA) is 86.1 Å². The molecule has 0 aliphatic heterocycles. The summed E-state index contributed by atoms with van der Waals surface area (Å²) in [4.78, 5) is 29.1. The van der Waals surface area contributed by atoms with E-state index in [1.54, 1.807) is 23.9 Å².